The molecule has 0 aromatic heterocycles. The molecule has 0 saturated carbocycles. The highest BCUT2D eigenvalue weighted by Crippen LogP contribution is 2.31. The van der Waals surface area contributed by atoms with Crippen molar-refractivity contribution in [1.29, 1.82) is 0 Å². The second kappa shape index (κ2) is 2.14. The van der Waals surface area contributed by atoms with Crippen LogP contribution in [-0.4, -0.2) is 0 Å². The molecule has 0 spiro atoms. The van der Waals surface area contributed by atoms with Crippen LogP contribution in [0.25, 0.3) is 0 Å². The van der Waals surface area contributed by atoms with Crippen LogP contribution in [0.4, 0.5) is 0 Å². The van der Waals surface area contributed by atoms with Gasteiger partial charge in [0.15, 0.2) is 0 Å². The topological polar surface area (TPSA) is 0 Å². The van der Waals surface area contributed by atoms with Crippen molar-refractivity contribution in [3.63, 3.8) is 0 Å². The van der Waals surface area contributed by atoms with Crippen molar-refractivity contribution in [2.45, 2.75) is 12.8 Å². The van der Waals surface area contributed by atoms with Crippen LogP contribution in [-0.2, 0) is 12.8 Å². The summed E-state index contributed by atoms with van der Waals surface area (Å²) in [5, 5.41) is 1.73. The van der Waals surface area contributed by atoms with E-state index in [-0.39, 0.29) is 0 Å². The van der Waals surface area contributed by atoms with Crippen molar-refractivity contribution in [1.82, 2.24) is 0 Å². The third kappa shape index (κ3) is 0.834. The summed E-state index contributed by atoms with van der Waals surface area (Å²) in [4.78, 5) is 0. The van der Waals surface area contributed by atoms with Gasteiger partial charge in [-0.05, 0) is 36.1 Å². The summed E-state index contributed by atoms with van der Waals surface area (Å²) in [6.45, 7) is 0. The minimum atomic E-state index is 0.866. The van der Waals surface area contributed by atoms with E-state index in [2.05, 4.69) is 0 Å². The van der Waals surface area contributed by atoms with Gasteiger partial charge in [0, 0.05) is 10.0 Å². The maximum atomic E-state index is 5.88. The van der Waals surface area contributed by atoms with Crippen LogP contribution in [0, 0.1) is 0 Å². The van der Waals surface area contributed by atoms with Crippen molar-refractivity contribution in [3.05, 3.63) is 33.3 Å². The fourth-order valence-electron chi connectivity index (χ4n) is 1.28. The van der Waals surface area contributed by atoms with Gasteiger partial charge in [-0.15, -0.1) is 0 Å². The molecule has 1 aromatic rings. The molecule has 10 heavy (non-hydrogen) atoms. The maximum absolute atomic E-state index is 5.88. The Labute approximate surface area is 69.8 Å². The number of benzene rings is 1. The Morgan fingerprint density at radius 3 is 1.50 bits per heavy atom. The van der Waals surface area contributed by atoms with Gasteiger partial charge in [0.05, 0.1) is 0 Å². The molecule has 0 fully saturated rings. The number of halogens is 2. The molecule has 0 radical (unpaired) electrons. The van der Waals surface area contributed by atoms with Gasteiger partial charge in [0.25, 0.3) is 0 Å². The third-order valence-electron chi connectivity index (χ3n) is 1.88. The van der Waals surface area contributed by atoms with Gasteiger partial charge in [0.1, 0.15) is 0 Å². The summed E-state index contributed by atoms with van der Waals surface area (Å²) in [5.41, 5.74) is 2.36. The van der Waals surface area contributed by atoms with Gasteiger partial charge >= 0.3 is 0 Å². The first-order valence-corrected chi connectivity index (χ1v) is 4.00. The highest BCUT2D eigenvalue weighted by atomic mass is 35.5. The summed E-state index contributed by atoms with van der Waals surface area (Å²) in [6, 6.07) is 3.92. The first kappa shape index (κ1) is 6.51. The van der Waals surface area contributed by atoms with E-state index < -0.39 is 0 Å². The standard InChI is InChI=1S/C8H6Cl2/c9-7-4-6-2-1-5(7)3-8(6)10/h3-4H,1-2H2. The van der Waals surface area contributed by atoms with E-state index in [9.17, 15) is 0 Å². The zero-order valence-electron chi connectivity index (χ0n) is 5.32. The first-order valence-electron chi connectivity index (χ1n) is 3.24. The molecule has 2 aliphatic rings. The van der Waals surface area contributed by atoms with Gasteiger partial charge in [-0.1, -0.05) is 23.2 Å². The van der Waals surface area contributed by atoms with E-state index in [0.717, 1.165) is 22.9 Å². The van der Waals surface area contributed by atoms with Gasteiger partial charge in [-0.2, -0.15) is 0 Å². The predicted molar refractivity (Wildman–Crippen MR) is 43.9 cm³/mol. The minimum Gasteiger partial charge on any atom is -0.0840 e. The first-order chi connectivity index (χ1) is 4.77. The van der Waals surface area contributed by atoms with Gasteiger partial charge in [-0.3, -0.25) is 0 Å². The highest BCUT2D eigenvalue weighted by molar-refractivity contribution is 6.34. The molecule has 0 aliphatic heterocycles. The van der Waals surface area contributed by atoms with Crippen molar-refractivity contribution in [2.24, 2.45) is 0 Å². The third-order valence-corrected chi connectivity index (χ3v) is 2.58. The SMILES string of the molecule is Clc1cc2c(Cl)cc1CC2. The van der Waals surface area contributed by atoms with Crippen molar-refractivity contribution in [3.8, 4) is 0 Å². The molecular formula is C8H6Cl2. The van der Waals surface area contributed by atoms with E-state index in [1.807, 2.05) is 12.1 Å². The predicted octanol–water partition coefficient (Wildman–Crippen LogP) is 3.09. The molecule has 2 aliphatic carbocycles. The molecule has 1 aromatic carbocycles. The quantitative estimate of drug-likeness (QED) is 0.565. The van der Waals surface area contributed by atoms with Crippen LogP contribution in [0.1, 0.15) is 11.1 Å². The molecule has 0 atom stereocenters. The van der Waals surface area contributed by atoms with Crippen LogP contribution in [0.15, 0.2) is 12.1 Å². The summed E-state index contributed by atoms with van der Waals surface area (Å²) in [5.74, 6) is 0. The average Bonchev–Trinajstić information content (AvgIpc) is 1.91. The lowest BCUT2D eigenvalue weighted by atomic mass is 9.96. The average molecular weight is 173 g/mol. The number of aryl methyl sites for hydroxylation is 2. The van der Waals surface area contributed by atoms with Crippen molar-refractivity contribution < 1.29 is 0 Å². The molecule has 0 saturated heterocycles. The Morgan fingerprint density at radius 1 is 0.900 bits per heavy atom. The van der Waals surface area contributed by atoms with Gasteiger partial charge in [-0.25, -0.2) is 0 Å². The van der Waals surface area contributed by atoms with Crippen LogP contribution in [0.5, 0.6) is 0 Å². The zero-order valence-corrected chi connectivity index (χ0v) is 6.84. The van der Waals surface area contributed by atoms with Gasteiger partial charge in [0.2, 0.25) is 0 Å². The molecule has 52 valence electrons. The zero-order chi connectivity index (χ0) is 7.14. The Bertz CT molecular complexity index is 249. The molecule has 2 heteroatoms. The van der Waals surface area contributed by atoms with Crippen LogP contribution in [0.3, 0.4) is 0 Å². The lowest BCUT2D eigenvalue weighted by Crippen LogP contribution is -2.01. The highest BCUT2D eigenvalue weighted by Gasteiger charge is 2.13. The Morgan fingerprint density at radius 2 is 1.30 bits per heavy atom. The number of rotatable bonds is 0. The summed E-state index contributed by atoms with van der Waals surface area (Å²) in [6.07, 6.45) is 2.11. The normalized spacial score (nSPS) is 14.2. The number of hydrogen-bond donors (Lipinski definition) is 0. The molecule has 0 heterocycles. The summed E-state index contributed by atoms with van der Waals surface area (Å²) < 4.78 is 0. The second-order valence-corrected chi connectivity index (χ2v) is 3.35. The van der Waals surface area contributed by atoms with Crippen LogP contribution >= 0.6 is 23.2 Å². The molecule has 2 bridgehead atoms. The molecular weight excluding hydrogens is 167 g/mol. The summed E-state index contributed by atoms with van der Waals surface area (Å²) in [7, 11) is 0. The fraction of sp³-hybridized carbons (Fsp3) is 0.250. The van der Waals surface area contributed by atoms with Crippen LogP contribution < -0.4 is 0 Å². The van der Waals surface area contributed by atoms with Crippen molar-refractivity contribution >= 4 is 23.2 Å². The smallest absolute Gasteiger partial charge is 0.0441 e. The second-order valence-electron chi connectivity index (χ2n) is 2.54. The Kier molecular flexibility index (Phi) is 1.40. The molecule has 3 rings (SSSR count). The Balaban J connectivity index is 2.71. The minimum absolute atomic E-state index is 0.866. The molecule has 0 N–H and O–H groups in total. The monoisotopic (exact) mass is 172 g/mol. The van der Waals surface area contributed by atoms with E-state index in [1.54, 1.807) is 0 Å². The maximum Gasteiger partial charge on any atom is 0.0441 e. The molecule has 0 amide bonds. The van der Waals surface area contributed by atoms with Crippen molar-refractivity contribution in [2.75, 3.05) is 0 Å². The summed E-state index contributed by atoms with van der Waals surface area (Å²) >= 11 is 11.8. The molecule has 0 nitrogen and oxygen atoms in total. The van der Waals surface area contributed by atoms with E-state index in [1.165, 1.54) is 11.1 Å². The van der Waals surface area contributed by atoms with Crippen LogP contribution in [0.2, 0.25) is 10.0 Å². The lowest BCUT2D eigenvalue weighted by Gasteiger charge is -2.15. The largest absolute Gasteiger partial charge is 0.0840 e. The fourth-order valence-corrected chi connectivity index (χ4v) is 1.84. The Hall–Kier alpha value is -0.200. The van der Waals surface area contributed by atoms with E-state index in [4.69, 9.17) is 23.2 Å². The van der Waals surface area contributed by atoms with Gasteiger partial charge < -0.3 is 0 Å². The van der Waals surface area contributed by atoms with E-state index in [0.29, 0.717) is 0 Å². The molecule has 0 unspecified atom stereocenters. The number of fused-ring (bicyclic) bond motifs is 3. The van der Waals surface area contributed by atoms with E-state index >= 15 is 0 Å². The lowest BCUT2D eigenvalue weighted by molar-refractivity contribution is 0.922. The number of hydrogen-bond acceptors (Lipinski definition) is 0.